The molecule has 0 aromatic carbocycles. The second kappa shape index (κ2) is 9.84. The van der Waals surface area contributed by atoms with Gasteiger partial charge >= 0.3 is 0 Å². The fourth-order valence-electron chi connectivity index (χ4n) is 3.54. The Labute approximate surface area is 183 Å². The van der Waals surface area contributed by atoms with Crippen LogP contribution in [-0.4, -0.2) is 70.2 Å². The lowest BCUT2D eigenvalue weighted by Crippen LogP contribution is -2.51. The maximum absolute atomic E-state index is 12.5. The molecule has 3 N–H and O–H groups in total. The van der Waals surface area contributed by atoms with Crippen molar-refractivity contribution in [2.24, 2.45) is 5.92 Å². The summed E-state index contributed by atoms with van der Waals surface area (Å²) in [5, 5.41) is 7.19. The van der Waals surface area contributed by atoms with Gasteiger partial charge in [-0.2, -0.15) is 0 Å². The number of ether oxygens (including phenoxy) is 1. The standard InChI is InChI=1S/C20H25F2N7OS/c1-31-27-7-13-9-29(10-17(30-13)12-2-3-12)19-6-15(25-11-26-19)16-8-24-18(28-16)5-4-14(23)20(21)22/h4-6,8,11-13,17,20,23,27H,2-3,7,9-10H2,1H3,(H,24,28)/b5-4-,23-14?. The van der Waals surface area contributed by atoms with E-state index in [4.69, 9.17) is 10.1 Å². The highest BCUT2D eigenvalue weighted by Crippen LogP contribution is 2.37. The Bertz CT molecular complexity index is 934. The maximum atomic E-state index is 12.5. The number of nitrogens with zero attached hydrogens (tertiary/aromatic N) is 4. The van der Waals surface area contributed by atoms with E-state index < -0.39 is 12.1 Å². The van der Waals surface area contributed by atoms with Gasteiger partial charge in [0.25, 0.3) is 6.43 Å². The van der Waals surface area contributed by atoms with Gasteiger partial charge in [-0.3, -0.25) is 10.1 Å². The van der Waals surface area contributed by atoms with Crippen molar-refractivity contribution in [3.63, 3.8) is 0 Å². The van der Waals surface area contributed by atoms with E-state index in [1.807, 2.05) is 12.3 Å². The fraction of sp³-hybridized carbons (Fsp3) is 0.500. The fourth-order valence-corrected chi connectivity index (χ4v) is 3.89. The first kappa shape index (κ1) is 21.8. The van der Waals surface area contributed by atoms with Gasteiger partial charge in [-0.15, -0.1) is 0 Å². The molecule has 2 atom stereocenters. The number of H-pyrrole nitrogens is 1. The molecule has 0 amide bonds. The molecule has 1 saturated heterocycles. The summed E-state index contributed by atoms with van der Waals surface area (Å²) in [5.41, 5.74) is 0.555. The number of morpholine rings is 1. The summed E-state index contributed by atoms with van der Waals surface area (Å²) in [4.78, 5) is 18.3. The van der Waals surface area contributed by atoms with Gasteiger partial charge in [0, 0.05) is 25.7 Å². The van der Waals surface area contributed by atoms with Crippen molar-refractivity contribution < 1.29 is 13.5 Å². The van der Waals surface area contributed by atoms with Gasteiger partial charge in [-0.1, -0.05) is 11.9 Å². The Hall–Kier alpha value is -2.37. The van der Waals surface area contributed by atoms with Crippen LogP contribution in [0.3, 0.4) is 0 Å². The summed E-state index contributed by atoms with van der Waals surface area (Å²) < 4.78 is 34.5. The molecule has 2 fully saturated rings. The van der Waals surface area contributed by atoms with Crippen LogP contribution in [0.25, 0.3) is 17.5 Å². The second-order valence-corrected chi connectivity index (χ2v) is 8.32. The van der Waals surface area contributed by atoms with Crippen LogP contribution in [0.4, 0.5) is 14.6 Å². The molecule has 11 heteroatoms. The molecular weight excluding hydrogens is 424 g/mol. The second-order valence-electron chi connectivity index (χ2n) is 7.62. The number of hydrogen-bond donors (Lipinski definition) is 3. The first-order valence-electron chi connectivity index (χ1n) is 10.1. The summed E-state index contributed by atoms with van der Waals surface area (Å²) >= 11 is 1.58. The number of anilines is 1. The molecule has 1 aliphatic heterocycles. The van der Waals surface area contributed by atoms with Crippen LogP contribution in [0.15, 0.2) is 24.7 Å². The van der Waals surface area contributed by atoms with E-state index in [1.165, 1.54) is 25.2 Å². The number of nitrogens with one attached hydrogen (secondary N) is 3. The summed E-state index contributed by atoms with van der Waals surface area (Å²) in [6, 6.07) is 1.90. The molecular formula is C20H25F2N7OS. The Balaban J connectivity index is 1.49. The predicted molar refractivity (Wildman–Crippen MR) is 117 cm³/mol. The molecule has 166 valence electrons. The highest BCUT2D eigenvalue weighted by molar-refractivity contribution is 7.96. The molecule has 0 radical (unpaired) electrons. The van der Waals surface area contributed by atoms with Crippen LogP contribution in [-0.2, 0) is 4.74 Å². The molecule has 2 aromatic rings. The number of aromatic amines is 1. The van der Waals surface area contributed by atoms with Crippen molar-refractivity contribution in [1.82, 2.24) is 24.7 Å². The molecule has 0 bridgehead atoms. The molecule has 31 heavy (non-hydrogen) atoms. The lowest BCUT2D eigenvalue weighted by atomic mass is 10.1. The maximum Gasteiger partial charge on any atom is 0.279 e. The molecule has 1 aliphatic carbocycles. The molecule has 2 unspecified atom stereocenters. The first-order valence-corrected chi connectivity index (χ1v) is 11.3. The predicted octanol–water partition coefficient (Wildman–Crippen LogP) is 3.02. The van der Waals surface area contributed by atoms with Crippen molar-refractivity contribution in [2.45, 2.75) is 31.5 Å². The normalized spacial score (nSPS) is 21.9. The molecule has 0 spiro atoms. The van der Waals surface area contributed by atoms with E-state index in [2.05, 4.69) is 29.6 Å². The van der Waals surface area contributed by atoms with E-state index in [0.717, 1.165) is 31.5 Å². The Morgan fingerprint density at radius 3 is 2.97 bits per heavy atom. The van der Waals surface area contributed by atoms with Gasteiger partial charge in [0.1, 0.15) is 18.0 Å². The van der Waals surface area contributed by atoms with E-state index in [9.17, 15) is 8.78 Å². The minimum atomic E-state index is -2.81. The summed E-state index contributed by atoms with van der Waals surface area (Å²) in [6.07, 6.45) is 7.40. The molecule has 8 nitrogen and oxygen atoms in total. The minimum absolute atomic E-state index is 0.0827. The zero-order chi connectivity index (χ0) is 21.8. The van der Waals surface area contributed by atoms with Crippen LogP contribution in [0.5, 0.6) is 0 Å². The topological polar surface area (TPSA) is 103 Å². The lowest BCUT2D eigenvalue weighted by Gasteiger charge is -2.39. The Kier molecular flexibility index (Phi) is 6.93. The zero-order valence-corrected chi connectivity index (χ0v) is 17.9. The zero-order valence-electron chi connectivity index (χ0n) is 17.1. The van der Waals surface area contributed by atoms with Gasteiger partial charge in [-0.05, 0) is 37.2 Å². The number of halogens is 2. The minimum Gasteiger partial charge on any atom is -0.370 e. The van der Waals surface area contributed by atoms with E-state index in [1.54, 1.807) is 18.1 Å². The molecule has 4 rings (SSSR count). The third-order valence-corrected chi connectivity index (χ3v) is 5.75. The van der Waals surface area contributed by atoms with E-state index >= 15 is 0 Å². The van der Waals surface area contributed by atoms with Crippen molar-refractivity contribution in [2.75, 3.05) is 30.8 Å². The third-order valence-electron chi connectivity index (χ3n) is 5.30. The molecule has 1 saturated carbocycles. The Morgan fingerprint density at radius 2 is 2.23 bits per heavy atom. The third kappa shape index (κ3) is 5.66. The van der Waals surface area contributed by atoms with Crippen LogP contribution in [0.1, 0.15) is 18.7 Å². The lowest BCUT2D eigenvalue weighted by molar-refractivity contribution is -0.0333. The van der Waals surface area contributed by atoms with Crippen LogP contribution in [0, 0.1) is 11.3 Å². The number of imidazole rings is 1. The van der Waals surface area contributed by atoms with Gasteiger partial charge in [-0.25, -0.2) is 23.7 Å². The monoisotopic (exact) mass is 449 g/mol. The van der Waals surface area contributed by atoms with Gasteiger partial charge in [0.2, 0.25) is 0 Å². The summed E-state index contributed by atoms with van der Waals surface area (Å²) in [6.45, 7) is 2.30. The SMILES string of the molecule is CSNCC1CN(c2cc(-c3cnc(/C=C\C(=N)C(F)F)[nH]3)ncn2)CC(C2CC2)O1. The van der Waals surface area contributed by atoms with Crippen molar-refractivity contribution in [3.8, 4) is 11.4 Å². The quantitative estimate of drug-likeness (QED) is 0.399. The van der Waals surface area contributed by atoms with Gasteiger partial charge in [0.15, 0.2) is 0 Å². The van der Waals surface area contributed by atoms with Crippen molar-refractivity contribution in [1.29, 1.82) is 5.41 Å². The Morgan fingerprint density at radius 1 is 1.39 bits per heavy atom. The number of hydrogen-bond acceptors (Lipinski definition) is 8. The van der Waals surface area contributed by atoms with Crippen LogP contribution >= 0.6 is 11.9 Å². The number of aromatic nitrogens is 4. The number of allylic oxidation sites excluding steroid dienone is 1. The highest BCUT2D eigenvalue weighted by Gasteiger charge is 2.38. The van der Waals surface area contributed by atoms with E-state index in [-0.39, 0.29) is 12.2 Å². The highest BCUT2D eigenvalue weighted by atomic mass is 32.2. The van der Waals surface area contributed by atoms with Crippen LogP contribution in [0.2, 0.25) is 0 Å². The number of alkyl halides is 2. The summed E-state index contributed by atoms with van der Waals surface area (Å²) in [5.74, 6) is 1.82. The molecule has 3 heterocycles. The van der Waals surface area contributed by atoms with Crippen LogP contribution < -0.4 is 9.62 Å². The number of rotatable bonds is 9. The molecule has 2 aromatic heterocycles. The van der Waals surface area contributed by atoms with Gasteiger partial charge < -0.3 is 14.6 Å². The summed E-state index contributed by atoms with van der Waals surface area (Å²) in [7, 11) is 0. The average molecular weight is 450 g/mol. The average Bonchev–Trinajstić information content (AvgIpc) is 3.53. The van der Waals surface area contributed by atoms with Crippen molar-refractivity contribution >= 4 is 29.6 Å². The largest absolute Gasteiger partial charge is 0.370 e. The molecule has 2 aliphatic rings. The first-order chi connectivity index (χ1) is 15.0. The smallest absolute Gasteiger partial charge is 0.279 e. The van der Waals surface area contributed by atoms with Gasteiger partial charge in [0.05, 0.1) is 35.5 Å². The van der Waals surface area contributed by atoms with E-state index in [0.29, 0.717) is 23.1 Å². The van der Waals surface area contributed by atoms with Crippen molar-refractivity contribution in [3.05, 3.63) is 30.5 Å².